The van der Waals surface area contributed by atoms with Crippen LogP contribution in [0.4, 0.5) is 5.82 Å². The number of nitrogens with one attached hydrogen (secondary N) is 1. The molecule has 0 saturated heterocycles. The maximum atomic E-state index is 6.09. The van der Waals surface area contributed by atoms with E-state index in [0.29, 0.717) is 5.15 Å². The lowest BCUT2D eigenvalue weighted by Crippen LogP contribution is -2.18. The standard InChI is InChI=1S/C17H22ClN3/c1-12-7-5-6-8-13(12)9-10-19-15-11-14(18)20-16(21-15)17(2,3)4/h5-8,11H,9-10H2,1-4H3,(H,19,20,21). The topological polar surface area (TPSA) is 37.8 Å². The molecule has 0 aliphatic heterocycles. The second kappa shape index (κ2) is 6.44. The van der Waals surface area contributed by atoms with Crippen LogP contribution < -0.4 is 5.32 Å². The normalized spacial score (nSPS) is 11.5. The minimum atomic E-state index is -0.114. The molecule has 1 N–H and O–H groups in total. The molecule has 0 aliphatic carbocycles. The minimum absolute atomic E-state index is 0.114. The van der Waals surface area contributed by atoms with Crippen molar-refractivity contribution < 1.29 is 0 Å². The van der Waals surface area contributed by atoms with E-state index in [2.05, 4.69) is 67.2 Å². The Morgan fingerprint density at radius 3 is 2.52 bits per heavy atom. The molecular weight excluding hydrogens is 282 g/mol. The van der Waals surface area contributed by atoms with Crippen LogP contribution >= 0.6 is 11.6 Å². The highest BCUT2D eigenvalue weighted by Crippen LogP contribution is 2.22. The van der Waals surface area contributed by atoms with E-state index in [1.54, 1.807) is 6.07 Å². The summed E-state index contributed by atoms with van der Waals surface area (Å²) in [7, 11) is 0. The molecule has 0 unspecified atom stereocenters. The van der Waals surface area contributed by atoms with E-state index in [-0.39, 0.29) is 5.41 Å². The Hall–Kier alpha value is -1.61. The van der Waals surface area contributed by atoms with Crippen molar-refractivity contribution in [3.8, 4) is 0 Å². The highest BCUT2D eigenvalue weighted by Gasteiger charge is 2.18. The summed E-state index contributed by atoms with van der Waals surface area (Å²) in [6.45, 7) is 9.19. The summed E-state index contributed by atoms with van der Waals surface area (Å²) in [5.74, 6) is 1.54. The Morgan fingerprint density at radius 2 is 1.86 bits per heavy atom. The van der Waals surface area contributed by atoms with Gasteiger partial charge < -0.3 is 5.32 Å². The lowest BCUT2D eigenvalue weighted by molar-refractivity contribution is 0.546. The van der Waals surface area contributed by atoms with Gasteiger partial charge in [0.15, 0.2) is 0 Å². The van der Waals surface area contributed by atoms with Crippen LogP contribution in [-0.2, 0) is 11.8 Å². The zero-order valence-corrected chi connectivity index (χ0v) is 13.8. The average Bonchev–Trinajstić information content (AvgIpc) is 2.39. The fourth-order valence-corrected chi connectivity index (χ4v) is 2.24. The second-order valence-electron chi connectivity index (χ2n) is 6.25. The zero-order valence-electron chi connectivity index (χ0n) is 13.1. The van der Waals surface area contributed by atoms with Gasteiger partial charge in [-0.25, -0.2) is 9.97 Å². The molecule has 0 fully saturated rings. The second-order valence-corrected chi connectivity index (χ2v) is 6.64. The SMILES string of the molecule is Cc1ccccc1CCNc1cc(Cl)nc(C(C)(C)C)n1. The van der Waals surface area contributed by atoms with Gasteiger partial charge in [-0.05, 0) is 24.5 Å². The largest absolute Gasteiger partial charge is 0.370 e. The van der Waals surface area contributed by atoms with Crippen molar-refractivity contribution in [1.82, 2.24) is 9.97 Å². The third-order valence-electron chi connectivity index (χ3n) is 3.33. The number of anilines is 1. The van der Waals surface area contributed by atoms with E-state index in [4.69, 9.17) is 11.6 Å². The summed E-state index contributed by atoms with van der Waals surface area (Å²) in [5.41, 5.74) is 2.55. The van der Waals surface area contributed by atoms with Gasteiger partial charge in [-0.15, -0.1) is 0 Å². The van der Waals surface area contributed by atoms with Gasteiger partial charge in [-0.1, -0.05) is 56.6 Å². The number of hydrogen-bond donors (Lipinski definition) is 1. The Morgan fingerprint density at radius 1 is 1.14 bits per heavy atom. The molecule has 4 heteroatoms. The van der Waals surface area contributed by atoms with Crippen LogP contribution in [0.15, 0.2) is 30.3 Å². The van der Waals surface area contributed by atoms with E-state index in [0.717, 1.165) is 24.6 Å². The molecule has 1 heterocycles. The van der Waals surface area contributed by atoms with E-state index in [9.17, 15) is 0 Å². The number of aryl methyl sites for hydroxylation is 1. The molecule has 0 saturated carbocycles. The summed E-state index contributed by atoms with van der Waals surface area (Å²) >= 11 is 6.09. The fraction of sp³-hybridized carbons (Fsp3) is 0.412. The fourth-order valence-electron chi connectivity index (χ4n) is 2.06. The third-order valence-corrected chi connectivity index (χ3v) is 3.52. The Bertz CT molecular complexity index is 618. The zero-order chi connectivity index (χ0) is 15.5. The predicted molar refractivity (Wildman–Crippen MR) is 89.1 cm³/mol. The quantitative estimate of drug-likeness (QED) is 0.851. The van der Waals surface area contributed by atoms with Gasteiger partial charge in [0.2, 0.25) is 0 Å². The molecular formula is C17H22ClN3. The average molecular weight is 304 g/mol. The van der Waals surface area contributed by atoms with Crippen molar-refractivity contribution in [2.24, 2.45) is 0 Å². The summed E-state index contributed by atoms with van der Waals surface area (Å²) in [6.07, 6.45) is 0.957. The minimum Gasteiger partial charge on any atom is -0.370 e. The van der Waals surface area contributed by atoms with Gasteiger partial charge in [0.05, 0.1) is 0 Å². The number of rotatable bonds is 4. The summed E-state index contributed by atoms with van der Waals surface area (Å²) in [5, 5.41) is 3.82. The van der Waals surface area contributed by atoms with E-state index < -0.39 is 0 Å². The molecule has 0 bridgehead atoms. The number of nitrogens with zero attached hydrogens (tertiary/aromatic N) is 2. The number of aromatic nitrogens is 2. The van der Waals surface area contributed by atoms with Crippen LogP contribution in [0.1, 0.15) is 37.7 Å². The Balaban J connectivity index is 2.04. The van der Waals surface area contributed by atoms with Gasteiger partial charge in [0.1, 0.15) is 16.8 Å². The van der Waals surface area contributed by atoms with Crippen LogP contribution in [0.5, 0.6) is 0 Å². The first-order valence-electron chi connectivity index (χ1n) is 7.20. The van der Waals surface area contributed by atoms with E-state index in [1.165, 1.54) is 11.1 Å². The first-order chi connectivity index (χ1) is 9.86. The molecule has 0 radical (unpaired) electrons. The molecule has 0 spiro atoms. The Labute approximate surface area is 131 Å². The van der Waals surface area contributed by atoms with Crippen LogP contribution in [0, 0.1) is 6.92 Å². The van der Waals surface area contributed by atoms with Crippen molar-refractivity contribution in [3.05, 3.63) is 52.4 Å². The molecule has 1 aromatic heterocycles. The van der Waals surface area contributed by atoms with Gasteiger partial charge in [-0.3, -0.25) is 0 Å². The highest BCUT2D eigenvalue weighted by molar-refractivity contribution is 6.29. The van der Waals surface area contributed by atoms with Gasteiger partial charge in [0.25, 0.3) is 0 Å². The van der Waals surface area contributed by atoms with Crippen molar-refractivity contribution in [3.63, 3.8) is 0 Å². The third kappa shape index (κ3) is 4.43. The van der Waals surface area contributed by atoms with Crippen molar-refractivity contribution in [2.75, 3.05) is 11.9 Å². The first-order valence-corrected chi connectivity index (χ1v) is 7.57. The summed E-state index contributed by atoms with van der Waals surface area (Å²) in [6, 6.07) is 10.2. The maximum Gasteiger partial charge on any atom is 0.137 e. The van der Waals surface area contributed by atoms with Crippen LogP contribution in [-0.4, -0.2) is 16.5 Å². The number of benzene rings is 1. The van der Waals surface area contributed by atoms with Crippen molar-refractivity contribution >= 4 is 17.4 Å². The molecule has 3 nitrogen and oxygen atoms in total. The van der Waals surface area contributed by atoms with Crippen molar-refractivity contribution in [2.45, 2.75) is 39.5 Å². The molecule has 2 aromatic rings. The van der Waals surface area contributed by atoms with E-state index in [1.807, 2.05) is 0 Å². The van der Waals surface area contributed by atoms with Gasteiger partial charge in [0, 0.05) is 18.0 Å². The first kappa shape index (κ1) is 15.8. The van der Waals surface area contributed by atoms with Crippen LogP contribution in [0.2, 0.25) is 5.15 Å². The molecule has 21 heavy (non-hydrogen) atoms. The van der Waals surface area contributed by atoms with Crippen LogP contribution in [0.25, 0.3) is 0 Å². The monoisotopic (exact) mass is 303 g/mol. The van der Waals surface area contributed by atoms with Crippen molar-refractivity contribution in [1.29, 1.82) is 0 Å². The molecule has 112 valence electrons. The lowest BCUT2D eigenvalue weighted by Gasteiger charge is -2.18. The highest BCUT2D eigenvalue weighted by atomic mass is 35.5. The predicted octanol–water partition coefficient (Wildman–Crippen LogP) is 4.39. The number of hydrogen-bond acceptors (Lipinski definition) is 3. The van der Waals surface area contributed by atoms with Gasteiger partial charge >= 0.3 is 0 Å². The summed E-state index contributed by atoms with van der Waals surface area (Å²) in [4.78, 5) is 8.85. The molecule has 0 atom stereocenters. The molecule has 2 rings (SSSR count). The molecule has 1 aromatic carbocycles. The summed E-state index contributed by atoms with van der Waals surface area (Å²) < 4.78 is 0. The maximum absolute atomic E-state index is 6.09. The van der Waals surface area contributed by atoms with E-state index >= 15 is 0 Å². The lowest BCUT2D eigenvalue weighted by atomic mass is 9.96. The van der Waals surface area contributed by atoms with Gasteiger partial charge in [-0.2, -0.15) is 0 Å². The molecule has 0 amide bonds. The smallest absolute Gasteiger partial charge is 0.137 e. The van der Waals surface area contributed by atoms with Crippen LogP contribution in [0.3, 0.4) is 0 Å². The Kier molecular flexibility index (Phi) is 4.84. The number of halogens is 1. The molecule has 0 aliphatic rings.